The third-order valence-corrected chi connectivity index (χ3v) is 9.94. The minimum absolute atomic E-state index is 0.0170. The Morgan fingerprint density at radius 2 is 1.34 bits per heavy atom. The first-order chi connectivity index (χ1) is 27.1. The van der Waals surface area contributed by atoms with Crippen LogP contribution in [0.4, 0.5) is 0 Å². The number of rotatable bonds is 19. The summed E-state index contributed by atoms with van der Waals surface area (Å²) in [7, 11) is 0. The molecule has 0 saturated carbocycles. The zero-order valence-corrected chi connectivity index (χ0v) is 32.6. The van der Waals surface area contributed by atoms with Crippen LogP contribution in [0.2, 0.25) is 5.02 Å². The van der Waals surface area contributed by atoms with Crippen molar-refractivity contribution in [3.63, 3.8) is 0 Å². The molecular weight excluding hydrogens is 732 g/mol. The second-order valence-electron chi connectivity index (χ2n) is 14.3. The molecule has 294 valence electrons. The molecule has 1 aliphatic heterocycles. The third kappa shape index (κ3) is 10.5. The molecule has 2 N–H and O–H groups in total. The standard InChI is InChI=1S/C46H49ClO9/c1-4-52-37-23-20-35(21-24-37)42(53-28-33-16-10-6-11-17-33)38-26-36(22-25-39(38)47)40(48)43(54-29-34-18-12-7-13-19-34)41(49)44(50)46(31-55-45(2,3)56-46)30-51-27-32-14-8-5-9-15-32/h5-26,41-44,49-50H,4,27-31H2,1-3H3/t41-,42?,43+,44+,46?/m1/s1. The van der Waals surface area contributed by atoms with E-state index in [1.807, 2.05) is 122 Å². The minimum atomic E-state index is -1.76. The molecular formula is C46H49ClO9. The van der Waals surface area contributed by atoms with Gasteiger partial charge in [0.1, 0.15) is 35.8 Å². The first-order valence-electron chi connectivity index (χ1n) is 18.8. The Labute approximate surface area is 333 Å². The van der Waals surface area contributed by atoms with Crippen molar-refractivity contribution in [2.24, 2.45) is 0 Å². The maximum Gasteiger partial charge on any atom is 0.194 e. The minimum Gasteiger partial charge on any atom is -0.494 e. The maximum absolute atomic E-state index is 14.7. The molecule has 9 nitrogen and oxygen atoms in total. The number of aliphatic hydroxyl groups is 2. The topological polar surface area (TPSA) is 113 Å². The van der Waals surface area contributed by atoms with Gasteiger partial charge in [-0.2, -0.15) is 0 Å². The summed E-state index contributed by atoms with van der Waals surface area (Å²) in [5.74, 6) is -0.957. The summed E-state index contributed by atoms with van der Waals surface area (Å²) in [4.78, 5) is 14.7. The van der Waals surface area contributed by atoms with Gasteiger partial charge in [-0.1, -0.05) is 115 Å². The average molecular weight is 781 g/mol. The van der Waals surface area contributed by atoms with Crippen LogP contribution in [0.15, 0.2) is 133 Å². The molecule has 6 rings (SSSR count). The lowest BCUT2D eigenvalue weighted by Crippen LogP contribution is -2.59. The average Bonchev–Trinajstić information content (AvgIpc) is 3.54. The Hall–Kier alpha value is -4.42. The van der Waals surface area contributed by atoms with Gasteiger partial charge in [0.15, 0.2) is 11.6 Å². The van der Waals surface area contributed by atoms with E-state index in [2.05, 4.69) is 0 Å². The normalized spacial score (nSPS) is 18.5. The summed E-state index contributed by atoms with van der Waals surface area (Å²) in [6, 6.07) is 41.0. The number of benzene rings is 5. The molecule has 0 aromatic heterocycles. The molecule has 2 unspecified atom stereocenters. The molecule has 0 aliphatic carbocycles. The van der Waals surface area contributed by atoms with Crippen molar-refractivity contribution in [1.29, 1.82) is 0 Å². The van der Waals surface area contributed by atoms with Crippen molar-refractivity contribution in [3.05, 3.63) is 172 Å². The second-order valence-corrected chi connectivity index (χ2v) is 14.7. The van der Waals surface area contributed by atoms with Crippen molar-refractivity contribution in [2.45, 2.75) is 76.4 Å². The number of ketones is 1. The molecule has 0 radical (unpaired) electrons. The molecule has 5 aromatic carbocycles. The molecule has 56 heavy (non-hydrogen) atoms. The summed E-state index contributed by atoms with van der Waals surface area (Å²) in [6.45, 7) is 6.14. The first kappa shape index (κ1) is 41.2. The Morgan fingerprint density at radius 3 is 1.89 bits per heavy atom. The maximum atomic E-state index is 14.7. The smallest absolute Gasteiger partial charge is 0.194 e. The van der Waals surface area contributed by atoms with Crippen molar-refractivity contribution in [3.8, 4) is 5.75 Å². The van der Waals surface area contributed by atoms with Crippen LogP contribution < -0.4 is 4.74 Å². The molecule has 0 bridgehead atoms. The van der Waals surface area contributed by atoms with Gasteiger partial charge in [0.2, 0.25) is 0 Å². The quantitative estimate of drug-likeness (QED) is 0.0800. The number of carbonyl (C=O) groups is 1. The van der Waals surface area contributed by atoms with Crippen molar-refractivity contribution >= 4 is 17.4 Å². The largest absolute Gasteiger partial charge is 0.494 e. The molecule has 0 spiro atoms. The van der Waals surface area contributed by atoms with Crippen LogP contribution in [0.5, 0.6) is 5.75 Å². The van der Waals surface area contributed by atoms with Gasteiger partial charge in [0, 0.05) is 16.1 Å². The fraction of sp³-hybridized carbons (Fsp3) is 0.326. The van der Waals surface area contributed by atoms with E-state index < -0.39 is 41.6 Å². The number of hydrogen-bond donors (Lipinski definition) is 2. The Bertz CT molecular complexity index is 1980. The van der Waals surface area contributed by atoms with Gasteiger partial charge in [0.25, 0.3) is 0 Å². The van der Waals surface area contributed by atoms with Crippen LogP contribution in [0.3, 0.4) is 0 Å². The first-order valence-corrected chi connectivity index (χ1v) is 19.1. The van der Waals surface area contributed by atoms with Gasteiger partial charge < -0.3 is 38.6 Å². The van der Waals surface area contributed by atoms with Gasteiger partial charge in [-0.05, 0) is 73.4 Å². The number of aliphatic hydroxyl groups excluding tert-OH is 2. The van der Waals surface area contributed by atoms with Crippen LogP contribution in [0.1, 0.15) is 65.1 Å². The highest BCUT2D eigenvalue weighted by molar-refractivity contribution is 6.31. The highest BCUT2D eigenvalue weighted by Crippen LogP contribution is 2.38. The van der Waals surface area contributed by atoms with Gasteiger partial charge >= 0.3 is 0 Å². The summed E-state index contributed by atoms with van der Waals surface area (Å²) in [5, 5.41) is 24.4. The number of carbonyl (C=O) groups excluding carboxylic acids is 1. The molecule has 1 saturated heterocycles. The van der Waals surface area contributed by atoms with E-state index in [9.17, 15) is 15.0 Å². The van der Waals surface area contributed by atoms with Crippen LogP contribution in [-0.4, -0.2) is 65.5 Å². The zero-order valence-electron chi connectivity index (χ0n) is 31.9. The lowest BCUT2D eigenvalue weighted by molar-refractivity contribution is -0.222. The Balaban J connectivity index is 1.32. The van der Waals surface area contributed by atoms with E-state index in [0.717, 1.165) is 22.3 Å². The third-order valence-electron chi connectivity index (χ3n) is 9.59. The number of hydrogen-bond acceptors (Lipinski definition) is 9. The summed E-state index contributed by atoms with van der Waals surface area (Å²) >= 11 is 6.88. The second kappa shape index (κ2) is 19.1. The molecule has 1 fully saturated rings. The Morgan fingerprint density at radius 1 is 0.768 bits per heavy atom. The van der Waals surface area contributed by atoms with Gasteiger partial charge in [0.05, 0.1) is 39.6 Å². The van der Waals surface area contributed by atoms with Crippen molar-refractivity contribution in [1.82, 2.24) is 0 Å². The SMILES string of the molecule is CCOc1ccc(C(OCc2ccccc2)c2cc(C(=O)[C@H](OCc3ccccc3)[C@@H](O)[C@H](O)C3(COCc4ccccc4)COC(C)(C)O3)ccc2Cl)cc1. The molecule has 0 amide bonds. The van der Waals surface area contributed by atoms with Gasteiger partial charge in [-0.15, -0.1) is 0 Å². The van der Waals surface area contributed by atoms with E-state index in [1.54, 1.807) is 32.0 Å². The van der Waals surface area contributed by atoms with E-state index in [-0.39, 0.29) is 38.6 Å². The number of Topliss-reactive ketones (excluding diaryl/α,β-unsaturated/α-hetero) is 1. The monoisotopic (exact) mass is 780 g/mol. The summed E-state index contributed by atoms with van der Waals surface area (Å²) in [6.07, 6.45) is -5.64. The summed E-state index contributed by atoms with van der Waals surface area (Å²) < 4.78 is 36.7. The lowest BCUT2D eigenvalue weighted by Gasteiger charge is -2.38. The van der Waals surface area contributed by atoms with E-state index in [1.165, 1.54) is 0 Å². The zero-order chi connectivity index (χ0) is 39.5. The highest BCUT2D eigenvalue weighted by atomic mass is 35.5. The van der Waals surface area contributed by atoms with E-state index >= 15 is 0 Å². The lowest BCUT2D eigenvalue weighted by atomic mass is 9.88. The van der Waals surface area contributed by atoms with Crippen molar-refractivity contribution < 1.29 is 43.4 Å². The number of halogens is 1. The van der Waals surface area contributed by atoms with Crippen molar-refractivity contribution in [2.75, 3.05) is 19.8 Å². The molecule has 1 aliphatic rings. The highest BCUT2D eigenvalue weighted by Gasteiger charge is 2.55. The van der Waals surface area contributed by atoms with Gasteiger partial charge in [-0.3, -0.25) is 4.79 Å². The van der Waals surface area contributed by atoms with Gasteiger partial charge in [-0.25, -0.2) is 0 Å². The molecule has 5 aromatic rings. The van der Waals surface area contributed by atoms with Crippen LogP contribution >= 0.6 is 11.6 Å². The predicted octanol–water partition coefficient (Wildman–Crippen LogP) is 8.27. The predicted molar refractivity (Wildman–Crippen MR) is 213 cm³/mol. The molecule has 5 atom stereocenters. The fourth-order valence-electron chi connectivity index (χ4n) is 6.72. The summed E-state index contributed by atoms with van der Waals surface area (Å²) in [5.41, 5.74) is 2.66. The van der Waals surface area contributed by atoms with E-state index in [0.29, 0.717) is 22.9 Å². The van der Waals surface area contributed by atoms with Crippen LogP contribution in [0.25, 0.3) is 0 Å². The molecule has 10 heteroatoms. The van der Waals surface area contributed by atoms with E-state index in [4.69, 9.17) is 40.0 Å². The van der Waals surface area contributed by atoms with Crippen LogP contribution in [-0.2, 0) is 43.5 Å². The Kier molecular flexibility index (Phi) is 14.1. The van der Waals surface area contributed by atoms with Crippen LogP contribution in [0, 0.1) is 0 Å². The fourth-order valence-corrected chi connectivity index (χ4v) is 6.93. The molecule has 1 heterocycles. The number of ether oxygens (including phenoxy) is 6.